The maximum Gasteiger partial charge on any atom is 0.241 e. The summed E-state index contributed by atoms with van der Waals surface area (Å²) < 4.78 is 0. The Hall–Kier alpha value is -0.870. The van der Waals surface area contributed by atoms with Crippen molar-refractivity contribution >= 4 is 17.2 Å². The molecule has 1 aliphatic heterocycles. The van der Waals surface area contributed by atoms with Crippen LogP contribution in [0, 0.1) is 6.92 Å². The van der Waals surface area contributed by atoms with Crippen molar-refractivity contribution < 1.29 is 4.79 Å². The van der Waals surface area contributed by atoms with E-state index >= 15 is 0 Å². The zero-order valence-corrected chi connectivity index (χ0v) is 13.8. The van der Waals surface area contributed by atoms with Crippen LogP contribution in [0.3, 0.4) is 0 Å². The summed E-state index contributed by atoms with van der Waals surface area (Å²) in [6.45, 7) is 8.60. The van der Waals surface area contributed by atoms with Crippen LogP contribution in [0.2, 0.25) is 0 Å². The van der Waals surface area contributed by atoms with E-state index in [1.54, 1.807) is 11.3 Å². The normalized spacial score (nSPS) is 23.1. The van der Waals surface area contributed by atoms with Gasteiger partial charge in [0.1, 0.15) is 6.17 Å². The Morgan fingerprint density at radius 3 is 2.50 bits per heavy atom. The van der Waals surface area contributed by atoms with Gasteiger partial charge in [-0.3, -0.25) is 10.1 Å². The van der Waals surface area contributed by atoms with Crippen molar-refractivity contribution in [3.63, 3.8) is 0 Å². The molecule has 0 radical (unpaired) electrons. The summed E-state index contributed by atoms with van der Waals surface area (Å²) in [5.74, 6) is 0.289. The molecule has 3 nitrogen and oxygen atoms in total. The maximum absolute atomic E-state index is 12.7. The fraction of sp³-hybridized carbons (Fsp3) is 0.688. The van der Waals surface area contributed by atoms with E-state index < -0.39 is 0 Å². The molecule has 1 amide bonds. The zero-order chi connectivity index (χ0) is 14.7. The number of carbonyl (C=O) groups is 1. The third-order valence-electron chi connectivity index (χ3n) is 4.13. The van der Waals surface area contributed by atoms with Crippen molar-refractivity contribution in [3.8, 4) is 0 Å². The first kappa shape index (κ1) is 15.5. The first-order valence-electron chi connectivity index (χ1n) is 7.76. The maximum atomic E-state index is 12.7. The van der Waals surface area contributed by atoms with Crippen LogP contribution in [0.15, 0.2) is 12.1 Å². The highest BCUT2D eigenvalue weighted by molar-refractivity contribution is 7.12. The first-order valence-corrected chi connectivity index (χ1v) is 8.58. The smallest absolute Gasteiger partial charge is 0.241 e. The molecule has 1 N–H and O–H groups in total. The van der Waals surface area contributed by atoms with Gasteiger partial charge in [-0.15, -0.1) is 11.3 Å². The van der Waals surface area contributed by atoms with Gasteiger partial charge in [-0.1, -0.05) is 27.2 Å². The summed E-state index contributed by atoms with van der Waals surface area (Å²) in [4.78, 5) is 17.4. The van der Waals surface area contributed by atoms with E-state index in [-0.39, 0.29) is 18.1 Å². The molecule has 1 saturated heterocycles. The molecule has 0 spiro atoms. The molecule has 0 aromatic carbocycles. The highest BCUT2D eigenvalue weighted by Gasteiger charge is 2.42. The van der Waals surface area contributed by atoms with Crippen LogP contribution in [0.4, 0.5) is 0 Å². The average Bonchev–Trinajstić information content (AvgIpc) is 2.99. The molecule has 1 aromatic rings. The van der Waals surface area contributed by atoms with E-state index in [4.69, 9.17) is 0 Å². The van der Waals surface area contributed by atoms with E-state index in [0.717, 1.165) is 25.7 Å². The lowest BCUT2D eigenvalue weighted by Gasteiger charge is -2.31. The predicted octanol–water partition coefficient (Wildman–Crippen LogP) is 3.84. The minimum absolute atomic E-state index is 0.00648. The molecule has 0 saturated carbocycles. The summed E-state index contributed by atoms with van der Waals surface area (Å²) >= 11 is 1.79. The summed E-state index contributed by atoms with van der Waals surface area (Å²) in [6, 6.07) is 4.64. The van der Waals surface area contributed by atoms with Crippen molar-refractivity contribution in [2.45, 2.75) is 71.6 Å². The van der Waals surface area contributed by atoms with Gasteiger partial charge in [0.2, 0.25) is 5.91 Å². The number of rotatable bonds is 6. The third-order valence-corrected chi connectivity index (χ3v) is 5.19. The Balaban J connectivity index is 2.29. The number of carbonyl (C=O) groups excluding carboxylic acids is 1. The molecule has 2 heterocycles. The van der Waals surface area contributed by atoms with E-state index in [2.05, 4.69) is 50.0 Å². The summed E-state index contributed by atoms with van der Waals surface area (Å²) in [7, 11) is 0. The summed E-state index contributed by atoms with van der Waals surface area (Å²) in [5, 5.41) is 3.56. The average molecular weight is 294 g/mol. The van der Waals surface area contributed by atoms with Crippen LogP contribution in [-0.2, 0) is 4.79 Å². The second-order valence-electron chi connectivity index (χ2n) is 5.57. The molecular formula is C16H26N2OS. The SMILES string of the molecule is CCCC1NC(c2ccc(C)s2)N(C(CC)CC)C1=O. The van der Waals surface area contributed by atoms with Gasteiger partial charge in [0, 0.05) is 15.8 Å². The van der Waals surface area contributed by atoms with Crippen molar-refractivity contribution in [3.05, 3.63) is 21.9 Å². The Labute approximate surface area is 126 Å². The number of nitrogens with one attached hydrogen (secondary N) is 1. The summed E-state index contributed by atoms with van der Waals surface area (Å²) in [6.07, 6.45) is 4.07. The van der Waals surface area contributed by atoms with E-state index in [1.165, 1.54) is 9.75 Å². The Bertz CT molecular complexity index is 453. The Kier molecular flexibility index (Phi) is 5.22. The molecule has 2 rings (SSSR count). The monoisotopic (exact) mass is 294 g/mol. The largest absolute Gasteiger partial charge is 0.318 e. The quantitative estimate of drug-likeness (QED) is 0.864. The molecular weight excluding hydrogens is 268 g/mol. The zero-order valence-electron chi connectivity index (χ0n) is 13.0. The molecule has 2 unspecified atom stereocenters. The number of hydrogen-bond acceptors (Lipinski definition) is 3. The van der Waals surface area contributed by atoms with Gasteiger partial charge in [-0.25, -0.2) is 0 Å². The lowest BCUT2D eigenvalue weighted by molar-refractivity contribution is -0.132. The molecule has 1 aromatic heterocycles. The van der Waals surface area contributed by atoms with Crippen molar-refractivity contribution in [1.82, 2.24) is 10.2 Å². The molecule has 4 heteroatoms. The van der Waals surface area contributed by atoms with Crippen molar-refractivity contribution in [2.75, 3.05) is 0 Å². The molecule has 2 atom stereocenters. The second-order valence-corrected chi connectivity index (χ2v) is 6.89. The lowest BCUT2D eigenvalue weighted by atomic mass is 10.1. The van der Waals surface area contributed by atoms with Gasteiger partial charge in [-0.05, 0) is 38.3 Å². The van der Waals surface area contributed by atoms with Gasteiger partial charge in [0.25, 0.3) is 0 Å². The first-order chi connectivity index (χ1) is 9.62. The molecule has 1 aliphatic rings. The van der Waals surface area contributed by atoms with E-state index in [9.17, 15) is 4.79 Å². The van der Waals surface area contributed by atoms with Gasteiger partial charge < -0.3 is 4.90 Å². The number of hydrogen-bond donors (Lipinski definition) is 1. The number of nitrogens with zero attached hydrogens (tertiary/aromatic N) is 1. The van der Waals surface area contributed by atoms with E-state index in [0.29, 0.717) is 6.04 Å². The van der Waals surface area contributed by atoms with Crippen LogP contribution in [0.25, 0.3) is 0 Å². The fourth-order valence-electron chi connectivity index (χ4n) is 3.04. The minimum atomic E-state index is -0.00648. The van der Waals surface area contributed by atoms with Gasteiger partial charge in [0.15, 0.2) is 0 Å². The molecule has 112 valence electrons. The van der Waals surface area contributed by atoms with E-state index in [1.807, 2.05) is 0 Å². The van der Waals surface area contributed by atoms with Crippen molar-refractivity contribution in [2.24, 2.45) is 0 Å². The molecule has 20 heavy (non-hydrogen) atoms. The Morgan fingerprint density at radius 1 is 1.30 bits per heavy atom. The lowest BCUT2D eigenvalue weighted by Crippen LogP contribution is -2.39. The third kappa shape index (κ3) is 2.91. The topological polar surface area (TPSA) is 32.3 Å². The fourth-order valence-corrected chi connectivity index (χ4v) is 3.97. The van der Waals surface area contributed by atoms with Gasteiger partial charge >= 0.3 is 0 Å². The predicted molar refractivity (Wildman–Crippen MR) is 84.8 cm³/mol. The van der Waals surface area contributed by atoms with Gasteiger partial charge in [0.05, 0.1) is 6.04 Å². The summed E-state index contributed by atoms with van der Waals surface area (Å²) in [5.41, 5.74) is 0. The molecule has 0 aliphatic carbocycles. The Morgan fingerprint density at radius 2 is 2.00 bits per heavy atom. The number of amides is 1. The highest BCUT2D eigenvalue weighted by Crippen LogP contribution is 2.34. The highest BCUT2D eigenvalue weighted by atomic mass is 32.1. The molecule has 1 fully saturated rings. The van der Waals surface area contributed by atoms with Crippen LogP contribution in [0.1, 0.15) is 62.4 Å². The minimum Gasteiger partial charge on any atom is -0.318 e. The van der Waals surface area contributed by atoms with Crippen LogP contribution >= 0.6 is 11.3 Å². The van der Waals surface area contributed by atoms with Crippen LogP contribution < -0.4 is 5.32 Å². The van der Waals surface area contributed by atoms with Crippen molar-refractivity contribution in [1.29, 1.82) is 0 Å². The van der Waals surface area contributed by atoms with Gasteiger partial charge in [-0.2, -0.15) is 0 Å². The standard InChI is InChI=1S/C16H26N2OS/c1-5-8-13-16(19)18(12(6-2)7-3)15(17-13)14-10-9-11(4)20-14/h9-10,12-13,15,17H,5-8H2,1-4H3. The molecule has 0 bridgehead atoms. The van der Waals surface area contributed by atoms with Crippen LogP contribution in [0.5, 0.6) is 0 Å². The van der Waals surface area contributed by atoms with Crippen LogP contribution in [-0.4, -0.2) is 22.9 Å². The second kappa shape index (κ2) is 6.72. The number of aryl methyl sites for hydroxylation is 1. The number of thiophene rings is 1.